The van der Waals surface area contributed by atoms with E-state index in [0.29, 0.717) is 18.7 Å². The van der Waals surface area contributed by atoms with Gasteiger partial charge in [-0.1, -0.05) is 6.42 Å². The lowest BCUT2D eigenvalue weighted by molar-refractivity contribution is 0.131. The van der Waals surface area contributed by atoms with E-state index in [2.05, 4.69) is 5.32 Å². The fourth-order valence-corrected chi connectivity index (χ4v) is 2.65. The molecule has 1 saturated carbocycles. The van der Waals surface area contributed by atoms with Crippen molar-refractivity contribution < 1.29 is 5.11 Å². The Balaban J connectivity index is 2.00. The van der Waals surface area contributed by atoms with Gasteiger partial charge in [0.1, 0.15) is 0 Å². The third-order valence-corrected chi connectivity index (χ3v) is 3.86. The maximum atomic E-state index is 11.9. The van der Waals surface area contributed by atoms with Crippen LogP contribution in [0.4, 0.5) is 0 Å². The lowest BCUT2D eigenvalue weighted by Crippen LogP contribution is -2.40. The molecule has 1 fully saturated rings. The quantitative estimate of drug-likeness (QED) is 0.759. The lowest BCUT2D eigenvalue weighted by Gasteiger charge is -2.15. The van der Waals surface area contributed by atoms with E-state index in [4.69, 9.17) is 0 Å². The first-order valence-corrected chi connectivity index (χ1v) is 6.65. The molecule has 1 heterocycles. The molecule has 2 N–H and O–H groups in total. The number of nitrogens with one attached hydrogen (secondary N) is 1. The minimum Gasteiger partial charge on any atom is -0.393 e. The van der Waals surface area contributed by atoms with Crippen LogP contribution in [0.25, 0.3) is 0 Å². The molecule has 0 spiro atoms. The maximum absolute atomic E-state index is 11.9. The normalized spacial score (nSPS) is 22.9. The highest BCUT2D eigenvalue weighted by Gasteiger charge is 2.24. The van der Waals surface area contributed by atoms with Crippen LogP contribution >= 0.6 is 0 Å². The Morgan fingerprint density at radius 2 is 2.11 bits per heavy atom. The molecule has 6 nitrogen and oxygen atoms in total. The van der Waals surface area contributed by atoms with Gasteiger partial charge in [-0.25, -0.2) is 4.79 Å². The summed E-state index contributed by atoms with van der Waals surface area (Å²) in [5.74, 6) is 0.274. The smallest absolute Gasteiger partial charge is 0.330 e. The van der Waals surface area contributed by atoms with Gasteiger partial charge in [0, 0.05) is 38.9 Å². The Bertz CT molecular complexity index is 561. The van der Waals surface area contributed by atoms with Crippen LogP contribution in [0.2, 0.25) is 0 Å². The maximum Gasteiger partial charge on any atom is 0.330 e. The molecule has 19 heavy (non-hydrogen) atoms. The van der Waals surface area contributed by atoms with Crippen LogP contribution in [0.1, 0.15) is 24.8 Å². The molecule has 1 aromatic rings. The van der Waals surface area contributed by atoms with Crippen LogP contribution in [-0.2, 0) is 20.6 Å². The van der Waals surface area contributed by atoms with E-state index in [9.17, 15) is 14.7 Å². The number of aryl methyl sites for hydroxylation is 1. The van der Waals surface area contributed by atoms with Crippen molar-refractivity contribution in [2.75, 3.05) is 6.54 Å². The zero-order valence-corrected chi connectivity index (χ0v) is 11.4. The molecule has 2 unspecified atom stereocenters. The summed E-state index contributed by atoms with van der Waals surface area (Å²) in [5, 5.41) is 12.9. The third kappa shape index (κ3) is 2.96. The standard InChI is InChI=1S/C13H21N3O3/c1-15-8-10(12(18)16(2)13(15)19)7-14-6-9-4-3-5-11(9)17/h8-9,11,14,17H,3-7H2,1-2H3. The molecule has 0 bridgehead atoms. The Kier molecular flexibility index (Phi) is 4.21. The Morgan fingerprint density at radius 3 is 2.74 bits per heavy atom. The number of aliphatic hydroxyl groups excluding tert-OH is 1. The van der Waals surface area contributed by atoms with Crippen LogP contribution in [0, 0.1) is 5.92 Å². The van der Waals surface area contributed by atoms with Crippen LogP contribution in [0.5, 0.6) is 0 Å². The summed E-state index contributed by atoms with van der Waals surface area (Å²) < 4.78 is 2.52. The van der Waals surface area contributed by atoms with Gasteiger partial charge in [0.25, 0.3) is 5.56 Å². The monoisotopic (exact) mass is 267 g/mol. The van der Waals surface area contributed by atoms with Gasteiger partial charge in [-0.05, 0) is 18.8 Å². The fraction of sp³-hybridized carbons (Fsp3) is 0.692. The van der Waals surface area contributed by atoms with Crippen LogP contribution < -0.4 is 16.6 Å². The van der Waals surface area contributed by atoms with Gasteiger partial charge in [0.05, 0.1) is 6.10 Å². The first-order chi connectivity index (χ1) is 9.00. The van der Waals surface area contributed by atoms with E-state index in [1.165, 1.54) is 11.6 Å². The van der Waals surface area contributed by atoms with Crippen LogP contribution in [-0.4, -0.2) is 26.9 Å². The molecule has 2 atom stereocenters. The van der Waals surface area contributed by atoms with Crippen LogP contribution in [0.3, 0.4) is 0 Å². The predicted octanol–water partition coefficient (Wildman–Crippen LogP) is -0.665. The zero-order valence-electron chi connectivity index (χ0n) is 11.4. The summed E-state index contributed by atoms with van der Waals surface area (Å²) in [4.78, 5) is 23.4. The Labute approximate surface area is 111 Å². The van der Waals surface area contributed by atoms with E-state index < -0.39 is 0 Å². The van der Waals surface area contributed by atoms with Crippen molar-refractivity contribution >= 4 is 0 Å². The average Bonchev–Trinajstić information content (AvgIpc) is 2.79. The van der Waals surface area contributed by atoms with Crippen molar-refractivity contribution in [1.82, 2.24) is 14.5 Å². The number of nitrogens with zero attached hydrogens (tertiary/aromatic N) is 2. The highest BCUT2D eigenvalue weighted by Crippen LogP contribution is 2.24. The summed E-state index contributed by atoms with van der Waals surface area (Å²) in [6.45, 7) is 1.12. The van der Waals surface area contributed by atoms with Gasteiger partial charge < -0.3 is 15.0 Å². The molecule has 0 saturated heterocycles. The highest BCUT2D eigenvalue weighted by atomic mass is 16.3. The number of aromatic nitrogens is 2. The second kappa shape index (κ2) is 5.71. The molecule has 0 amide bonds. The highest BCUT2D eigenvalue weighted by molar-refractivity contribution is 5.05. The van der Waals surface area contributed by atoms with E-state index in [0.717, 1.165) is 23.8 Å². The number of hydrogen-bond donors (Lipinski definition) is 2. The van der Waals surface area contributed by atoms with Gasteiger partial charge in [-0.2, -0.15) is 0 Å². The molecule has 0 aliphatic heterocycles. The molecule has 0 radical (unpaired) electrons. The largest absolute Gasteiger partial charge is 0.393 e. The summed E-state index contributed by atoms with van der Waals surface area (Å²) in [7, 11) is 3.11. The fourth-order valence-electron chi connectivity index (χ4n) is 2.65. The molecule has 1 aromatic heterocycles. The molecule has 0 aromatic carbocycles. The lowest BCUT2D eigenvalue weighted by atomic mass is 10.1. The van der Waals surface area contributed by atoms with E-state index in [1.54, 1.807) is 13.2 Å². The van der Waals surface area contributed by atoms with E-state index in [1.807, 2.05) is 0 Å². The predicted molar refractivity (Wildman–Crippen MR) is 72.0 cm³/mol. The second-order valence-electron chi connectivity index (χ2n) is 5.30. The van der Waals surface area contributed by atoms with Crippen molar-refractivity contribution in [3.05, 3.63) is 32.6 Å². The van der Waals surface area contributed by atoms with Gasteiger partial charge in [0.2, 0.25) is 0 Å². The molecule has 1 aliphatic carbocycles. The SMILES string of the molecule is Cn1cc(CNCC2CCCC2O)c(=O)n(C)c1=O. The van der Waals surface area contributed by atoms with E-state index >= 15 is 0 Å². The molecule has 1 aliphatic rings. The summed E-state index contributed by atoms with van der Waals surface area (Å²) in [6.07, 6.45) is 4.31. The summed E-state index contributed by atoms with van der Waals surface area (Å²) in [6, 6.07) is 0. The number of hydrogen-bond acceptors (Lipinski definition) is 4. The molecular weight excluding hydrogens is 246 g/mol. The third-order valence-electron chi connectivity index (χ3n) is 3.86. The van der Waals surface area contributed by atoms with Crippen molar-refractivity contribution in [1.29, 1.82) is 0 Å². The molecule has 106 valence electrons. The van der Waals surface area contributed by atoms with Crippen molar-refractivity contribution in [3.63, 3.8) is 0 Å². The molecule has 2 rings (SSSR count). The van der Waals surface area contributed by atoms with E-state index in [-0.39, 0.29) is 23.3 Å². The Hall–Kier alpha value is -1.40. The number of rotatable bonds is 4. The first-order valence-electron chi connectivity index (χ1n) is 6.65. The van der Waals surface area contributed by atoms with Crippen LogP contribution in [0.15, 0.2) is 15.8 Å². The minimum absolute atomic E-state index is 0.226. The molecule has 6 heteroatoms. The average molecular weight is 267 g/mol. The van der Waals surface area contributed by atoms with Gasteiger partial charge in [-0.3, -0.25) is 9.36 Å². The van der Waals surface area contributed by atoms with Crippen molar-refractivity contribution in [3.8, 4) is 0 Å². The minimum atomic E-state index is -0.319. The second-order valence-corrected chi connectivity index (χ2v) is 5.30. The zero-order chi connectivity index (χ0) is 14.0. The van der Waals surface area contributed by atoms with Crippen molar-refractivity contribution in [2.24, 2.45) is 20.0 Å². The first kappa shape index (κ1) is 14.0. The topological polar surface area (TPSA) is 76.3 Å². The van der Waals surface area contributed by atoms with Gasteiger partial charge in [-0.15, -0.1) is 0 Å². The van der Waals surface area contributed by atoms with Crippen molar-refractivity contribution in [2.45, 2.75) is 31.9 Å². The summed E-state index contributed by atoms with van der Waals surface area (Å²) in [5.41, 5.74) is -0.0142. The summed E-state index contributed by atoms with van der Waals surface area (Å²) >= 11 is 0. The number of aliphatic hydroxyl groups is 1. The van der Waals surface area contributed by atoms with Gasteiger partial charge >= 0.3 is 5.69 Å². The molecular formula is C13H21N3O3. The Morgan fingerprint density at radius 1 is 1.37 bits per heavy atom. The van der Waals surface area contributed by atoms with Gasteiger partial charge in [0.15, 0.2) is 0 Å².